The second-order valence-electron chi connectivity index (χ2n) is 6.18. The first-order chi connectivity index (χ1) is 12.2. The Morgan fingerprint density at radius 2 is 2.16 bits per heavy atom. The van der Waals surface area contributed by atoms with Crippen LogP contribution in [0.2, 0.25) is 0 Å². The number of benzene rings is 1. The van der Waals surface area contributed by atoms with Crippen molar-refractivity contribution in [3.8, 4) is 11.8 Å². The van der Waals surface area contributed by atoms with Gasteiger partial charge in [0.05, 0.1) is 29.4 Å². The summed E-state index contributed by atoms with van der Waals surface area (Å²) in [4.78, 5) is 12.6. The van der Waals surface area contributed by atoms with Gasteiger partial charge < -0.3 is 13.9 Å². The Morgan fingerprint density at radius 1 is 1.32 bits per heavy atom. The van der Waals surface area contributed by atoms with Gasteiger partial charge in [0.15, 0.2) is 6.61 Å². The lowest BCUT2D eigenvalue weighted by molar-refractivity contribution is 0.0531. The van der Waals surface area contributed by atoms with E-state index in [-0.39, 0.29) is 12.6 Å². The van der Waals surface area contributed by atoms with E-state index in [0.29, 0.717) is 23.8 Å². The topological polar surface area (TPSA) is 63.7 Å². The summed E-state index contributed by atoms with van der Waals surface area (Å²) in [6.45, 7) is 2.14. The third-order valence-corrected chi connectivity index (χ3v) is 4.56. The Balaban J connectivity index is 2.01. The first kappa shape index (κ1) is 15.5. The molecule has 1 aromatic carbocycles. The summed E-state index contributed by atoms with van der Waals surface area (Å²) in [6.07, 6.45) is 4.20. The molecule has 2 aromatic heterocycles. The number of fused-ring (bicyclic) bond motifs is 3. The molecule has 1 saturated carbocycles. The van der Waals surface area contributed by atoms with E-state index in [0.717, 1.165) is 16.4 Å². The number of carbonyl (C=O) groups excluding carboxylic acids is 1. The van der Waals surface area contributed by atoms with Crippen LogP contribution in [0.5, 0.6) is 5.75 Å². The maximum atomic E-state index is 12.6. The molecule has 0 radical (unpaired) electrons. The van der Waals surface area contributed by atoms with Crippen molar-refractivity contribution < 1.29 is 14.3 Å². The first-order valence-corrected chi connectivity index (χ1v) is 8.48. The van der Waals surface area contributed by atoms with Crippen molar-refractivity contribution in [2.45, 2.75) is 25.7 Å². The van der Waals surface area contributed by atoms with E-state index in [4.69, 9.17) is 14.7 Å². The van der Waals surface area contributed by atoms with E-state index in [1.807, 2.05) is 41.8 Å². The van der Waals surface area contributed by atoms with Crippen molar-refractivity contribution in [1.29, 1.82) is 5.26 Å². The van der Waals surface area contributed by atoms with Gasteiger partial charge in [-0.3, -0.25) is 0 Å². The summed E-state index contributed by atoms with van der Waals surface area (Å²) in [5.74, 6) is 0.834. The number of esters is 1. The highest BCUT2D eigenvalue weighted by atomic mass is 16.5. The number of para-hydroxylation sites is 1. The van der Waals surface area contributed by atoms with Gasteiger partial charge in [0, 0.05) is 5.39 Å². The van der Waals surface area contributed by atoms with Crippen LogP contribution in [-0.2, 0) is 4.74 Å². The van der Waals surface area contributed by atoms with Crippen LogP contribution in [0.15, 0.2) is 36.5 Å². The molecule has 0 atom stereocenters. The molecule has 0 saturated heterocycles. The molecule has 25 heavy (non-hydrogen) atoms. The summed E-state index contributed by atoms with van der Waals surface area (Å²) in [7, 11) is 0. The molecule has 5 nitrogen and oxygen atoms in total. The van der Waals surface area contributed by atoms with Crippen LogP contribution < -0.4 is 4.74 Å². The molecule has 0 spiro atoms. The average molecular weight is 334 g/mol. The van der Waals surface area contributed by atoms with Crippen molar-refractivity contribution in [2.24, 2.45) is 0 Å². The van der Waals surface area contributed by atoms with Crippen LogP contribution in [0, 0.1) is 11.3 Å². The van der Waals surface area contributed by atoms with Crippen molar-refractivity contribution >= 4 is 22.4 Å². The van der Waals surface area contributed by atoms with E-state index in [2.05, 4.69) is 6.07 Å². The van der Waals surface area contributed by atoms with Crippen molar-refractivity contribution in [2.75, 3.05) is 13.2 Å². The molecule has 0 aliphatic heterocycles. The number of nitriles is 1. The smallest absolute Gasteiger partial charge is 0.340 e. The Kier molecular flexibility index (Phi) is 3.81. The number of ether oxygens (including phenoxy) is 2. The van der Waals surface area contributed by atoms with Crippen LogP contribution in [-0.4, -0.2) is 23.6 Å². The molecule has 1 fully saturated rings. The molecule has 0 amide bonds. The molecule has 1 aliphatic carbocycles. The van der Waals surface area contributed by atoms with Gasteiger partial charge in [0.25, 0.3) is 0 Å². The van der Waals surface area contributed by atoms with Crippen LogP contribution in [0.1, 0.15) is 41.6 Å². The lowest BCUT2D eigenvalue weighted by Gasteiger charge is -2.06. The molecule has 3 aromatic rings. The number of aromatic nitrogens is 1. The average Bonchev–Trinajstić information content (AvgIpc) is 3.41. The molecule has 0 bridgehead atoms. The largest absolute Gasteiger partial charge is 0.477 e. The molecule has 4 rings (SSSR count). The third kappa shape index (κ3) is 2.60. The molecular formula is C20H18N2O3. The number of pyridine rings is 1. The van der Waals surface area contributed by atoms with Gasteiger partial charge in [-0.15, -0.1) is 0 Å². The minimum absolute atomic E-state index is 0.00900. The van der Waals surface area contributed by atoms with Gasteiger partial charge in [-0.05, 0) is 43.4 Å². The maximum absolute atomic E-state index is 12.6. The zero-order valence-electron chi connectivity index (χ0n) is 14.0. The highest BCUT2D eigenvalue weighted by molar-refractivity contribution is 6.12. The maximum Gasteiger partial charge on any atom is 0.340 e. The van der Waals surface area contributed by atoms with Crippen molar-refractivity contribution in [3.05, 3.63) is 47.7 Å². The second kappa shape index (κ2) is 6.14. The number of nitrogens with zero attached hydrogens (tertiary/aromatic N) is 2. The van der Waals surface area contributed by atoms with Crippen LogP contribution in [0.3, 0.4) is 0 Å². The SMILES string of the molecule is CCOC(=O)c1c2cccc(C3CC3)c2n2cc(OCC#N)ccc12. The second-order valence-corrected chi connectivity index (χ2v) is 6.18. The molecule has 126 valence electrons. The van der Waals surface area contributed by atoms with Gasteiger partial charge in [-0.1, -0.05) is 18.2 Å². The number of hydrogen-bond donors (Lipinski definition) is 0. The standard InChI is InChI=1S/C20H18N2O3/c1-2-24-20(23)18-16-5-3-4-15(13-6-7-13)19(16)22-12-14(25-11-10-21)8-9-17(18)22/h3-5,8-9,12-13H,2,6-7,11H2,1H3. The van der Waals surface area contributed by atoms with Gasteiger partial charge in [0.2, 0.25) is 0 Å². The lowest BCUT2D eigenvalue weighted by Crippen LogP contribution is -2.04. The summed E-state index contributed by atoms with van der Waals surface area (Å²) in [5, 5.41) is 9.63. The lowest BCUT2D eigenvalue weighted by atomic mass is 10.0. The minimum Gasteiger partial charge on any atom is -0.477 e. The van der Waals surface area contributed by atoms with Crippen LogP contribution in [0.4, 0.5) is 0 Å². The monoisotopic (exact) mass is 334 g/mol. The van der Waals surface area contributed by atoms with E-state index >= 15 is 0 Å². The predicted molar refractivity (Wildman–Crippen MR) is 93.9 cm³/mol. The molecular weight excluding hydrogens is 316 g/mol. The molecule has 1 aliphatic rings. The molecule has 2 heterocycles. The minimum atomic E-state index is -0.311. The van der Waals surface area contributed by atoms with E-state index < -0.39 is 0 Å². The van der Waals surface area contributed by atoms with E-state index in [1.165, 1.54) is 18.4 Å². The molecule has 5 heteroatoms. The first-order valence-electron chi connectivity index (χ1n) is 8.48. The highest BCUT2D eigenvalue weighted by Gasteiger charge is 2.29. The predicted octanol–water partition coefficient (Wildman–Crippen LogP) is 4.05. The van der Waals surface area contributed by atoms with Crippen molar-refractivity contribution in [3.63, 3.8) is 0 Å². The Labute approximate surface area is 145 Å². The Hall–Kier alpha value is -3.00. The fraction of sp³-hybridized carbons (Fsp3) is 0.300. The zero-order chi connectivity index (χ0) is 17.4. The van der Waals surface area contributed by atoms with E-state index in [1.54, 1.807) is 6.07 Å². The summed E-state index contributed by atoms with van der Waals surface area (Å²) < 4.78 is 12.7. The van der Waals surface area contributed by atoms with Gasteiger partial charge in [-0.25, -0.2) is 4.79 Å². The molecule has 0 N–H and O–H groups in total. The van der Waals surface area contributed by atoms with Crippen LogP contribution >= 0.6 is 0 Å². The number of rotatable bonds is 5. The van der Waals surface area contributed by atoms with Gasteiger partial charge in [0.1, 0.15) is 11.8 Å². The van der Waals surface area contributed by atoms with Gasteiger partial charge >= 0.3 is 5.97 Å². The summed E-state index contributed by atoms with van der Waals surface area (Å²) in [6, 6.07) is 11.7. The normalized spacial score (nSPS) is 13.8. The fourth-order valence-corrected chi connectivity index (χ4v) is 3.38. The number of carbonyl (C=O) groups is 1. The fourth-order valence-electron chi connectivity index (χ4n) is 3.38. The van der Waals surface area contributed by atoms with Crippen molar-refractivity contribution in [1.82, 2.24) is 4.40 Å². The van der Waals surface area contributed by atoms with Crippen LogP contribution in [0.25, 0.3) is 16.4 Å². The quantitative estimate of drug-likeness (QED) is 0.660. The van der Waals surface area contributed by atoms with E-state index in [9.17, 15) is 4.79 Å². The highest BCUT2D eigenvalue weighted by Crippen LogP contribution is 2.44. The zero-order valence-corrected chi connectivity index (χ0v) is 14.0. The summed E-state index contributed by atoms with van der Waals surface area (Å²) in [5.41, 5.74) is 3.67. The molecule has 0 unspecified atom stereocenters. The third-order valence-electron chi connectivity index (χ3n) is 4.56. The Morgan fingerprint density at radius 3 is 2.88 bits per heavy atom. The summed E-state index contributed by atoms with van der Waals surface area (Å²) >= 11 is 0. The number of hydrogen-bond acceptors (Lipinski definition) is 4. The van der Waals surface area contributed by atoms with Gasteiger partial charge in [-0.2, -0.15) is 5.26 Å². The Bertz CT molecular complexity index is 1010.